The first kappa shape index (κ1) is 22.3. The average Bonchev–Trinajstić information content (AvgIpc) is 2.76. The Kier molecular flexibility index (Phi) is 6.21. The molecule has 1 aliphatic rings. The highest BCUT2D eigenvalue weighted by molar-refractivity contribution is 7.71. The quantitative estimate of drug-likeness (QED) is 0.606. The van der Waals surface area contributed by atoms with Gasteiger partial charge in [0.25, 0.3) is 17.9 Å². The summed E-state index contributed by atoms with van der Waals surface area (Å²) in [6, 6.07) is 10.6. The van der Waals surface area contributed by atoms with E-state index >= 15 is 0 Å². The molecule has 0 radical (unpaired) electrons. The van der Waals surface area contributed by atoms with E-state index in [1.165, 1.54) is 4.57 Å². The first-order chi connectivity index (χ1) is 15.3. The van der Waals surface area contributed by atoms with Crippen molar-refractivity contribution < 1.29 is 13.6 Å². The molecule has 0 spiro atoms. The van der Waals surface area contributed by atoms with Crippen molar-refractivity contribution in [3.05, 3.63) is 68.2 Å². The third-order valence-corrected chi connectivity index (χ3v) is 6.30. The molecule has 0 unspecified atom stereocenters. The summed E-state index contributed by atoms with van der Waals surface area (Å²) in [5, 5.41) is 0.429. The number of aryl methyl sites for hydroxylation is 1. The third kappa shape index (κ3) is 4.22. The number of alkyl halides is 2. The standard InChI is InChI=1S/C23H24F2N4O2S/c1-14-4-3-5-19(15(14)2)29-22(31)17-7-6-16(12-18(17)26-23(29)32)21(30)28-10-8-27(9-11-28)13-20(24)25/h3-7,12,20H,8-11,13H2,1-2H3,(H,26,32). The molecule has 4 rings (SSSR count). The number of carbonyl (C=O) groups is 1. The Morgan fingerprint density at radius 2 is 1.84 bits per heavy atom. The Bertz CT molecular complexity index is 1290. The van der Waals surface area contributed by atoms with Crippen LogP contribution in [0.2, 0.25) is 0 Å². The maximum atomic E-state index is 13.2. The molecule has 32 heavy (non-hydrogen) atoms. The smallest absolute Gasteiger partial charge is 0.266 e. The summed E-state index contributed by atoms with van der Waals surface area (Å²) < 4.78 is 26.9. The van der Waals surface area contributed by atoms with Crippen LogP contribution in [0.25, 0.3) is 16.6 Å². The van der Waals surface area contributed by atoms with E-state index in [-0.39, 0.29) is 22.8 Å². The van der Waals surface area contributed by atoms with Crippen molar-refractivity contribution in [1.29, 1.82) is 0 Å². The molecule has 9 heteroatoms. The van der Waals surface area contributed by atoms with Gasteiger partial charge in [0.05, 0.1) is 23.1 Å². The number of piperazine rings is 1. The highest BCUT2D eigenvalue weighted by Gasteiger charge is 2.24. The van der Waals surface area contributed by atoms with Crippen LogP contribution in [0.1, 0.15) is 21.5 Å². The Balaban J connectivity index is 1.65. The van der Waals surface area contributed by atoms with Gasteiger partial charge in [-0.2, -0.15) is 0 Å². The monoisotopic (exact) mass is 458 g/mol. The summed E-state index contributed by atoms with van der Waals surface area (Å²) in [5.41, 5.74) is 3.40. The summed E-state index contributed by atoms with van der Waals surface area (Å²) in [6.07, 6.45) is -2.38. The van der Waals surface area contributed by atoms with E-state index < -0.39 is 6.43 Å². The van der Waals surface area contributed by atoms with Gasteiger partial charge in [-0.3, -0.25) is 19.1 Å². The summed E-state index contributed by atoms with van der Waals surface area (Å²) in [4.78, 5) is 32.6. The van der Waals surface area contributed by atoms with Gasteiger partial charge >= 0.3 is 0 Å². The highest BCUT2D eigenvalue weighted by Crippen LogP contribution is 2.19. The largest absolute Gasteiger partial charge is 0.336 e. The van der Waals surface area contributed by atoms with Crippen LogP contribution in [-0.2, 0) is 0 Å². The van der Waals surface area contributed by atoms with E-state index in [1.54, 1.807) is 28.0 Å². The Hall–Kier alpha value is -2.91. The van der Waals surface area contributed by atoms with Crippen molar-refractivity contribution >= 4 is 29.0 Å². The molecular formula is C23H24F2N4O2S. The van der Waals surface area contributed by atoms with Crippen molar-refractivity contribution in [3.8, 4) is 5.69 Å². The van der Waals surface area contributed by atoms with Gasteiger partial charge in [-0.25, -0.2) is 8.78 Å². The number of fused-ring (bicyclic) bond motifs is 1. The number of nitrogens with one attached hydrogen (secondary N) is 1. The van der Waals surface area contributed by atoms with E-state index in [1.807, 2.05) is 32.0 Å². The number of amides is 1. The summed E-state index contributed by atoms with van der Waals surface area (Å²) in [7, 11) is 0. The first-order valence-corrected chi connectivity index (χ1v) is 10.8. The van der Waals surface area contributed by atoms with E-state index in [4.69, 9.17) is 12.2 Å². The number of halogens is 2. The molecular weight excluding hydrogens is 434 g/mol. The predicted octanol–water partition coefficient (Wildman–Crippen LogP) is 3.69. The minimum absolute atomic E-state index is 0.193. The molecule has 168 valence electrons. The molecule has 1 N–H and O–H groups in total. The highest BCUT2D eigenvalue weighted by atomic mass is 32.1. The van der Waals surface area contributed by atoms with Crippen LogP contribution in [0.3, 0.4) is 0 Å². The van der Waals surface area contributed by atoms with Gasteiger partial charge in [0.2, 0.25) is 0 Å². The minimum Gasteiger partial charge on any atom is -0.336 e. The summed E-state index contributed by atoms with van der Waals surface area (Å²) in [6.45, 7) is 5.23. The van der Waals surface area contributed by atoms with E-state index in [0.29, 0.717) is 42.6 Å². The lowest BCUT2D eigenvalue weighted by atomic mass is 10.1. The molecule has 0 atom stereocenters. The second-order valence-corrected chi connectivity index (χ2v) is 8.42. The molecule has 0 aliphatic carbocycles. The molecule has 0 bridgehead atoms. The van der Waals surface area contributed by atoms with Crippen LogP contribution in [0, 0.1) is 18.6 Å². The second kappa shape index (κ2) is 8.91. The lowest BCUT2D eigenvalue weighted by Gasteiger charge is -2.34. The van der Waals surface area contributed by atoms with Gasteiger partial charge in [-0.15, -0.1) is 0 Å². The fraction of sp³-hybridized carbons (Fsp3) is 0.348. The van der Waals surface area contributed by atoms with Gasteiger partial charge in [-0.1, -0.05) is 12.1 Å². The number of rotatable bonds is 4. The summed E-state index contributed by atoms with van der Waals surface area (Å²) in [5.74, 6) is -0.193. The van der Waals surface area contributed by atoms with Crippen LogP contribution in [0.5, 0.6) is 0 Å². The molecule has 2 heterocycles. The van der Waals surface area contributed by atoms with Crippen molar-refractivity contribution in [1.82, 2.24) is 19.4 Å². The number of carbonyl (C=O) groups excluding carboxylic acids is 1. The molecule has 1 aromatic heterocycles. The summed E-state index contributed by atoms with van der Waals surface area (Å²) >= 11 is 5.48. The number of H-pyrrole nitrogens is 1. The zero-order chi connectivity index (χ0) is 23.0. The van der Waals surface area contributed by atoms with Gasteiger partial charge < -0.3 is 9.88 Å². The maximum absolute atomic E-state index is 13.2. The zero-order valence-electron chi connectivity index (χ0n) is 17.9. The Morgan fingerprint density at radius 1 is 1.12 bits per heavy atom. The van der Waals surface area contributed by atoms with E-state index in [9.17, 15) is 18.4 Å². The van der Waals surface area contributed by atoms with E-state index in [2.05, 4.69) is 4.98 Å². The molecule has 6 nitrogen and oxygen atoms in total. The van der Waals surface area contributed by atoms with Crippen molar-refractivity contribution in [2.24, 2.45) is 0 Å². The van der Waals surface area contributed by atoms with Gasteiger partial charge in [0.1, 0.15) is 0 Å². The minimum atomic E-state index is -2.38. The first-order valence-electron chi connectivity index (χ1n) is 10.4. The predicted molar refractivity (Wildman–Crippen MR) is 123 cm³/mol. The molecule has 1 amide bonds. The van der Waals surface area contributed by atoms with Crippen LogP contribution in [0.15, 0.2) is 41.2 Å². The molecule has 2 aromatic carbocycles. The number of benzene rings is 2. The fourth-order valence-corrected chi connectivity index (χ4v) is 4.35. The number of aromatic nitrogens is 2. The average molecular weight is 459 g/mol. The number of hydrogen-bond donors (Lipinski definition) is 1. The molecule has 1 saturated heterocycles. The number of hydrogen-bond acceptors (Lipinski definition) is 4. The van der Waals surface area contributed by atoms with Crippen LogP contribution in [-0.4, -0.2) is 64.4 Å². The normalized spacial score (nSPS) is 15.0. The fourth-order valence-electron chi connectivity index (χ4n) is 4.06. The van der Waals surface area contributed by atoms with Gasteiger partial charge in [0.15, 0.2) is 4.77 Å². The maximum Gasteiger partial charge on any atom is 0.266 e. The Morgan fingerprint density at radius 3 is 2.53 bits per heavy atom. The van der Waals surface area contributed by atoms with E-state index in [0.717, 1.165) is 16.8 Å². The number of nitrogens with zero attached hydrogens (tertiary/aromatic N) is 3. The SMILES string of the molecule is Cc1cccc(-n2c(=S)[nH]c3cc(C(=O)N4CCN(CC(F)F)CC4)ccc3c2=O)c1C. The van der Waals surface area contributed by atoms with Gasteiger partial charge in [-0.05, 0) is 61.5 Å². The third-order valence-electron chi connectivity index (χ3n) is 6.02. The van der Waals surface area contributed by atoms with Crippen LogP contribution < -0.4 is 5.56 Å². The molecule has 3 aromatic rings. The Labute approximate surface area is 189 Å². The van der Waals surface area contributed by atoms with Crippen LogP contribution in [0.4, 0.5) is 8.78 Å². The van der Waals surface area contributed by atoms with Crippen LogP contribution >= 0.6 is 12.2 Å². The van der Waals surface area contributed by atoms with Crippen molar-refractivity contribution in [3.63, 3.8) is 0 Å². The van der Waals surface area contributed by atoms with Crippen molar-refractivity contribution in [2.45, 2.75) is 20.3 Å². The van der Waals surface area contributed by atoms with Gasteiger partial charge in [0, 0.05) is 31.7 Å². The topological polar surface area (TPSA) is 61.3 Å². The lowest BCUT2D eigenvalue weighted by molar-refractivity contribution is 0.0459. The lowest BCUT2D eigenvalue weighted by Crippen LogP contribution is -2.49. The second-order valence-electron chi connectivity index (χ2n) is 8.03. The van der Waals surface area contributed by atoms with Crippen molar-refractivity contribution in [2.75, 3.05) is 32.7 Å². The molecule has 1 aliphatic heterocycles. The zero-order valence-corrected chi connectivity index (χ0v) is 18.7. The molecule has 0 saturated carbocycles. The number of aromatic amines is 1. The molecule has 1 fully saturated rings.